The van der Waals surface area contributed by atoms with E-state index in [0.717, 1.165) is 12.0 Å². The van der Waals surface area contributed by atoms with Gasteiger partial charge in [0.05, 0.1) is 17.1 Å². The SMILES string of the molecule is CCc1ccc(NC(=O)C(OC(=O)c2ccccc2)C(OC(=O)c2ccccc2)C(=O)[O-])cc1. The van der Waals surface area contributed by atoms with E-state index in [2.05, 4.69) is 5.32 Å². The van der Waals surface area contributed by atoms with Crippen LogP contribution in [0.1, 0.15) is 33.2 Å². The summed E-state index contributed by atoms with van der Waals surface area (Å²) < 4.78 is 10.3. The van der Waals surface area contributed by atoms with Gasteiger partial charge in [0.25, 0.3) is 5.91 Å². The van der Waals surface area contributed by atoms with Gasteiger partial charge in [-0.1, -0.05) is 55.5 Å². The fraction of sp³-hybridized carbons (Fsp3) is 0.154. The predicted molar refractivity (Wildman–Crippen MR) is 121 cm³/mol. The van der Waals surface area contributed by atoms with E-state index in [9.17, 15) is 24.3 Å². The Hall–Kier alpha value is -4.46. The average Bonchev–Trinajstić information content (AvgIpc) is 2.87. The normalized spacial score (nSPS) is 12.1. The number of aliphatic carboxylic acids is 1. The van der Waals surface area contributed by atoms with Gasteiger partial charge in [-0.15, -0.1) is 0 Å². The summed E-state index contributed by atoms with van der Waals surface area (Å²) in [4.78, 5) is 50.0. The number of rotatable bonds is 9. The number of carboxylic acids is 1. The second-order valence-electron chi connectivity index (χ2n) is 7.24. The standard InChI is InChI=1S/C26H23NO7/c1-2-17-13-15-20(16-14-17)27-23(28)21(33-25(31)18-9-5-3-6-10-18)22(24(29)30)34-26(32)19-11-7-4-8-12-19/h3-16,21-22H,2H2,1H3,(H,27,28)(H,29,30)/p-1. The molecule has 3 aromatic rings. The van der Waals surface area contributed by atoms with Gasteiger partial charge in [0, 0.05) is 5.69 Å². The largest absolute Gasteiger partial charge is 0.546 e. The van der Waals surface area contributed by atoms with Gasteiger partial charge >= 0.3 is 11.9 Å². The minimum Gasteiger partial charge on any atom is -0.546 e. The first-order valence-electron chi connectivity index (χ1n) is 10.5. The first kappa shape index (κ1) is 24.2. The summed E-state index contributed by atoms with van der Waals surface area (Å²) in [6, 6.07) is 22.1. The van der Waals surface area contributed by atoms with Gasteiger partial charge in [0.1, 0.15) is 0 Å². The number of carboxylic acid groups (broad SMARTS) is 1. The summed E-state index contributed by atoms with van der Waals surface area (Å²) in [5.41, 5.74) is 1.50. The number of esters is 2. The second-order valence-corrected chi connectivity index (χ2v) is 7.24. The molecule has 2 atom stereocenters. The Balaban J connectivity index is 1.88. The minimum absolute atomic E-state index is 0.0532. The highest BCUT2D eigenvalue weighted by atomic mass is 16.6. The molecule has 0 fully saturated rings. The van der Waals surface area contributed by atoms with Crippen LogP contribution >= 0.6 is 0 Å². The van der Waals surface area contributed by atoms with Crippen LogP contribution < -0.4 is 10.4 Å². The maximum atomic E-state index is 13.0. The molecule has 0 heterocycles. The Morgan fingerprint density at radius 3 is 1.65 bits per heavy atom. The monoisotopic (exact) mass is 460 g/mol. The van der Waals surface area contributed by atoms with Crippen LogP contribution in [-0.2, 0) is 25.5 Å². The molecule has 1 amide bonds. The van der Waals surface area contributed by atoms with E-state index in [4.69, 9.17) is 9.47 Å². The topological polar surface area (TPSA) is 122 Å². The molecular weight excluding hydrogens is 438 g/mol. The third kappa shape index (κ3) is 6.29. The molecule has 34 heavy (non-hydrogen) atoms. The lowest BCUT2D eigenvalue weighted by Crippen LogP contribution is -2.52. The van der Waals surface area contributed by atoms with Crippen molar-refractivity contribution in [2.24, 2.45) is 0 Å². The fourth-order valence-electron chi connectivity index (χ4n) is 3.04. The van der Waals surface area contributed by atoms with E-state index in [0.29, 0.717) is 5.69 Å². The summed E-state index contributed by atoms with van der Waals surface area (Å²) in [6.45, 7) is 1.97. The number of nitrogens with one attached hydrogen (secondary N) is 1. The maximum absolute atomic E-state index is 13.0. The molecule has 0 bridgehead atoms. The summed E-state index contributed by atoms with van der Waals surface area (Å²) in [7, 11) is 0. The summed E-state index contributed by atoms with van der Waals surface area (Å²) in [5, 5.41) is 14.4. The van der Waals surface area contributed by atoms with Crippen LogP contribution in [0.5, 0.6) is 0 Å². The van der Waals surface area contributed by atoms with Crippen molar-refractivity contribution in [3.8, 4) is 0 Å². The quantitative estimate of drug-likeness (QED) is 0.487. The lowest BCUT2D eigenvalue weighted by molar-refractivity contribution is -0.317. The van der Waals surface area contributed by atoms with E-state index < -0.39 is 36.0 Å². The zero-order chi connectivity index (χ0) is 24.5. The highest BCUT2D eigenvalue weighted by Crippen LogP contribution is 2.16. The van der Waals surface area contributed by atoms with Crippen molar-refractivity contribution in [2.45, 2.75) is 25.6 Å². The molecule has 3 aromatic carbocycles. The number of benzene rings is 3. The Morgan fingerprint density at radius 2 is 1.21 bits per heavy atom. The van der Waals surface area contributed by atoms with Gasteiger partial charge in [0.15, 0.2) is 6.10 Å². The molecule has 0 aliphatic heterocycles. The molecule has 2 unspecified atom stereocenters. The van der Waals surface area contributed by atoms with Crippen molar-refractivity contribution >= 4 is 29.5 Å². The molecule has 174 valence electrons. The van der Waals surface area contributed by atoms with Crippen molar-refractivity contribution in [1.29, 1.82) is 0 Å². The molecule has 0 aliphatic rings. The summed E-state index contributed by atoms with van der Waals surface area (Å²) in [6.07, 6.45) is -3.43. The molecule has 0 spiro atoms. The lowest BCUT2D eigenvalue weighted by atomic mass is 10.1. The zero-order valence-electron chi connectivity index (χ0n) is 18.3. The van der Waals surface area contributed by atoms with Crippen molar-refractivity contribution < 1.29 is 33.8 Å². The molecule has 8 heteroatoms. The van der Waals surface area contributed by atoms with Gasteiger partial charge < -0.3 is 24.7 Å². The Labute approximate surface area is 196 Å². The van der Waals surface area contributed by atoms with E-state index in [-0.39, 0.29) is 11.1 Å². The molecule has 0 aliphatic carbocycles. The first-order chi connectivity index (χ1) is 16.4. The molecule has 0 aromatic heterocycles. The van der Waals surface area contributed by atoms with Crippen molar-refractivity contribution in [1.82, 2.24) is 0 Å². The fourth-order valence-corrected chi connectivity index (χ4v) is 3.04. The average molecular weight is 460 g/mol. The predicted octanol–water partition coefficient (Wildman–Crippen LogP) is 2.39. The number of carbonyl (C=O) groups is 4. The van der Waals surface area contributed by atoms with E-state index in [1.807, 2.05) is 6.92 Å². The Bertz CT molecular complexity index is 1140. The molecule has 0 saturated heterocycles. The third-order valence-electron chi connectivity index (χ3n) is 4.88. The minimum atomic E-state index is -2.20. The number of hydrogen-bond donors (Lipinski definition) is 1. The van der Waals surface area contributed by atoms with Crippen molar-refractivity contribution in [2.75, 3.05) is 5.32 Å². The van der Waals surface area contributed by atoms with E-state index in [1.165, 1.54) is 24.3 Å². The number of carbonyl (C=O) groups excluding carboxylic acids is 4. The van der Waals surface area contributed by atoms with Crippen LogP contribution in [-0.4, -0.2) is 36.0 Å². The molecule has 1 N–H and O–H groups in total. The van der Waals surface area contributed by atoms with Gasteiger partial charge in [-0.2, -0.15) is 0 Å². The number of ether oxygens (including phenoxy) is 2. The van der Waals surface area contributed by atoms with Gasteiger partial charge in [0.2, 0.25) is 6.10 Å². The van der Waals surface area contributed by atoms with Gasteiger partial charge in [-0.05, 0) is 48.4 Å². The molecule has 0 saturated carbocycles. The molecular formula is C26H22NO7-. The second kappa shape index (κ2) is 11.4. The molecule has 8 nitrogen and oxygen atoms in total. The van der Waals surface area contributed by atoms with Gasteiger partial charge in [-0.3, -0.25) is 4.79 Å². The van der Waals surface area contributed by atoms with Crippen LogP contribution in [0.2, 0.25) is 0 Å². The van der Waals surface area contributed by atoms with Crippen molar-refractivity contribution in [3.05, 3.63) is 102 Å². The third-order valence-corrected chi connectivity index (χ3v) is 4.88. The summed E-state index contributed by atoms with van der Waals surface area (Å²) in [5.74, 6) is -4.88. The smallest absolute Gasteiger partial charge is 0.339 e. The Morgan fingerprint density at radius 1 is 0.735 bits per heavy atom. The highest BCUT2D eigenvalue weighted by Gasteiger charge is 2.37. The highest BCUT2D eigenvalue weighted by molar-refractivity contribution is 6.01. The molecule has 0 radical (unpaired) electrons. The van der Waals surface area contributed by atoms with E-state index >= 15 is 0 Å². The van der Waals surface area contributed by atoms with Gasteiger partial charge in [-0.25, -0.2) is 9.59 Å². The van der Waals surface area contributed by atoms with Crippen LogP contribution in [0.15, 0.2) is 84.9 Å². The van der Waals surface area contributed by atoms with Crippen LogP contribution in [0, 0.1) is 0 Å². The number of hydrogen-bond acceptors (Lipinski definition) is 7. The number of amides is 1. The van der Waals surface area contributed by atoms with Crippen LogP contribution in [0.25, 0.3) is 0 Å². The van der Waals surface area contributed by atoms with Crippen LogP contribution in [0.4, 0.5) is 5.69 Å². The van der Waals surface area contributed by atoms with Crippen molar-refractivity contribution in [3.63, 3.8) is 0 Å². The lowest BCUT2D eigenvalue weighted by Gasteiger charge is -2.27. The maximum Gasteiger partial charge on any atom is 0.339 e. The van der Waals surface area contributed by atoms with E-state index in [1.54, 1.807) is 60.7 Å². The Kier molecular flexibility index (Phi) is 8.12. The first-order valence-corrected chi connectivity index (χ1v) is 10.5. The van der Waals surface area contributed by atoms with Crippen LogP contribution in [0.3, 0.4) is 0 Å². The number of anilines is 1. The molecule has 3 rings (SSSR count). The zero-order valence-corrected chi connectivity index (χ0v) is 18.3. The number of aryl methyl sites for hydroxylation is 1. The summed E-state index contributed by atoms with van der Waals surface area (Å²) >= 11 is 0.